The lowest BCUT2D eigenvalue weighted by Crippen LogP contribution is -2.21. The van der Waals surface area contributed by atoms with Gasteiger partial charge in [0.15, 0.2) is 5.82 Å². The van der Waals surface area contributed by atoms with E-state index in [1.54, 1.807) is 6.34 Å². The number of nitrogens with zero attached hydrogens (tertiary/aromatic N) is 4. The second-order valence-corrected chi connectivity index (χ2v) is 5.72. The van der Waals surface area contributed by atoms with E-state index in [9.17, 15) is 0 Å². The summed E-state index contributed by atoms with van der Waals surface area (Å²) in [6.07, 6.45) is 3.53. The summed E-state index contributed by atoms with van der Waals surface area (Å²) in [6.45, 7) is 4.12. The fourth-order valence-electron chi connectivity index (χ4n) is 2.24. The maximum absolute atomic E-state index is 6.15. The predicted octanol–water partition coefficient (Wildman–Crippen LogP) is 2.68. The molecule has 2 aromatic rings. The average Bonchev–Trinajstić information content (AvgIpc) is 2.82. The van der Waals surface area contributed by atoms with E-state index in [4.69, 9.17) is 5.73 Å². The van der Waals surface area contributed by atoms with Crippen molar-refractivity contribution in [2.45, 2.75) is 32.7 Å². The minimum atomic E-state index is 0.125. The summed E-state index contributed by atoms with van der Waals surface area (Å²) in [5.74, 6) is 0.862. The predicted molar refractivity (Wildman–Crippen MR) is 92.1 cm³/mol. The summed E-state index contributed by atoms with van der Waals surface area (Å²) < 4.78 is 1.90. The summed E-state index contributed by atoms with van der Waals surface area (Å²) in [5, 5.41) is 4.67. The van der Waals surface area contributed by atoms with Gasteiger partial charge in [0, 0.05) is 25.7 Å². The van der Waals surface area contributed by atoms with Gasteiger partial charge >= 0.3 is 0 Å². The van der Waals surface area contributed by atoms with Crippen LogP contribution in [0.2, 0.25) is 0 Å². The van der Waals surface area contributed by atoms with E-state index < -0.39 is 0 Å². The smallest absolute Gasteiger partial charge is 0.160 e. The number of nitrogens with two attached hydrogens (primary N) is 1. The molecule has 0 aliphatic carbocycles. The first-order valence-corrected chi connectivity index (χ1v) is 7.63. The standard InChI is InChI=1S/C17H25N5/c1-5-14(18)11-16-13(2)20-22(15-9-7-6-8-10-15)17(16)19-12-21(3)4/h6-10,12,14H,5,11,18H2,1-4H3/b19-12+. The molecule has 0 bridgehead atoms. The van der Waals surface area contributed by atoms with Gasteiger partial charge in [0.25, 0.3) is 0 Å². The van der Waals surface area contributed by atoms with E-state index in [1.165, 1.54) is 0 Å². The number of para-hydroxylation sites is 1. The number of benzene rings is 1. The van der Waals surface area contributed by atoms with Gasteiger partial charge in [-0.1, -0.05) is 25.1 Å². The van der Waals surface area contributed by atoms with Crippen molar-refractivity contribution in [2.75, 3.05) is 14.1 Å². The molecule has 118 valence electrons. The van der Waals surface area contributed by atoms with Gasteiger partial charge in [-0.3, -0.25) is 0 Å². The lowest BCUT2D eigenvalue weighted by Gasteiger charge is -2.10. The van der Waals surface area contributed by atoms with Crippen LogP contribution in [0.3, 0.4) is 0 Å². The Bertz CT molecular complexity index is 628. The van der Waals surface area contributed by atoms with Crippen molar-refractivity contribution in [1.29, 1.82) is 0 Å². The maximum atomic E-state index is 6.15. The summed E-state index contributed by atoms with van der Waals surface area (Å²) >= 11 is 0. The Labute approximate surface area is 132 Å². The molecular weight excluding hydrogens is 274 g/mol. The van der Waals surface area contributed by atoms with Crippen LogP contribution in [0.4, 0.5) is 5.82 Å². The summed E-state index contributed by atoms with van der Waals surface area (Å²) in [4.78, 5) is 6.55. The molecule has 5 nitrogen and oxygen atoms in total. The van der Waals surface area contributed by atoms with Crippen molar-refractivity contribution < 1.29 is 0 Å². The van der Waals surface area contributed by atoms with Crippen molar-refractivity contribution in [1.82, 2.24) is 14.7 Å². The van der Waals surface area contributed by atoms with Crippen LogP contribution in [0.15, 0.2) is 35.3 Å². The number of aromatic nitrogens is 2. The molecule has 5 heteroatoms. The first-order valence-electron chi connectivity index (χ1n) is 7.63. The molecule has 0 fully saturated rings. The Morgan fingerprint density at radius 1 is 1.32 bits per heavy atom. The fourth-order valence-corrected chi connectivity index (χ4v) is 2.24. The number of aryl methyl sites for hydroxylation is 1. The Kier molecular flexibility index (Phi) is 5.33. The molecule has 1 heterocycles. The molecule has 0 radical (unpaired) electrons. The van der Waals surface area contributed by atoms with E-state index >= 15 is 0 Å². The summed E-state index contributed by atoms with van der Waals surface area (Å²) in [7, 11) is 3.91. The quantitative estimate of drug-likeness (QED) is 0.659. The second-order valence-electron chi connectivity index (χ2n) is 5.72. The van der Waals surface area contributed by atoms with Crippen molar-refractivity contribution >= 4 is 12.2 Å². The van der Waals surface area contributed by atoms with Crippen LogP contribution >= 0.6 is 0 Å². The monoisotopic (exact) mass is 299 g/mol. The van der Waals surface area contributed by atoms with E-state index in [-0.39, 0.29) is 6.04 Å². The second kappa shape index (κ2) is 7.22. The number of hydrogen-bond donors (Lipinski definition) is 1. The molecule has 0 saturated carbocycles. The van der Waals surface area contributed by atoms with Crippen LogP contribution in [0.25, 0.3) is 5.69 Å². The molecule has 0 saturated heterocycles. The molecule has 1 aromatic heterocycles. The van der Waals surface area contributed by atoms with Crippen molar-refractivity contribution in [3.63, 3.8) is 0 Å². The van der Waals surface area contributed by atoms with Crippen molar-refractivity contribution in [3.05, 3.63) is 41.6 Å². The molecule has 0 spiro atoms. The molecule has 2 N–H and O–H groups in total. The molecule has 1 atom stereocenters. The SMILES string of the molecule is CCC(N)Cc1c(C)nn(-c2ccccc2)c1/N=C/N(C)C. The van der Waals surface area contributed by atoms with E-state index in [1.807, 2.05) is 60.9 Å². The maximum Gasteiger partial charge on any atom is 0.160 e. The minimum absolute atomic E-state index is 0.125. The Balaban J connectivity index is 2.51. The van der Waals surface area contributed by atoms with Gasteiger partial charge in [-0.25, -0.2) is 9.67 Å². The van der Waals surface area contributed by atoms with Gasteiger partial charge in [0.05, 0.1) is 17.7 Å². The van der Waals surface area contributed by atoms with Crippen molar-refractivity contribution in [3.8, 4) is 5.69 Å². The number of rotatable bonds is 6. The van der Waals surface area contributed by atoms with E-state index in [0.717, 1.165) is 35.6 Å². The highest BCUT2D eigenvalue weighted by molar-refractivity contribution is 5.62. The van der Waals surface area contributed by atoms with Crippen LogP contribution < -0.4 is 5.73 Å². The zero-order valence-corrected chi connectivity index (χ0v) is 13.8. The highest BCUT2D eigenvalue weighted by atomic mass is 15.3. The lowest BCUT2D eigenvalue weighted by atomic mass is 10.0. The first kappa shape index (κ1) is 16.2. The molecule has 0 aliphatic heterocycles. The molecule has 1 unspecified atom stereocenters. The summed E-state index contributed by atoms with van der Waals surface area (Å²) in [5.41, 5.74) is 9.26. The van der Waals surface area contributed by atoms with Gasteiger partial charge in [0.1, 0.15) is 0 Å². The van der Waals surface area contributed by atoms with Gasteiger partial charge in [-0.05, 0) is 31.9 Å². The van der Waals surface area contributed by atoms with Crippen LogP contribution in [0.1, 0.15) is 24.6 Å². The molecule has 0 amide bonds. The van der Waals surface area contributed by atoms with Crippen LogP contribution in [-0.4, -0.2) is 41.2 Å². The number of aliphatic imine (C=N–C) groups is 1. The van der Waals surface area contributed by atoms with E-state index in [2.05, 4.69) is 17.0 Å². The lowest BCUT2D eigenvalue weighted by molar-refractivity contribution is 0.639. The van der Waals surface area contributed by atoms with Crippen LogP contribution in [0.5, 0.6) is 0 Å². The molecule has 0 aliphatic rings. The van der Waals surface area contributed by atoms with Gasteiger partial charge < -0.3 is 10.6 Å². The Morgan fingerprint density at radius 2 is 2.00 bits per heavy atom. The Morgan fingerprint density at radius 3 is 2.59 bits per heavy atom. The van der Waals surface area contributed by atoms with Gasteiger partial charge in [0.2, 0.25) is 0 Å². The average molecular weight is 299 g/mol. The zero-order chi connectivity index (χ0) is 16.1. The summed E-state index contributed by atoms with van der Waals surface area (Å²) in [6, 6.07) is 10.2. The number of hydrogen-bond acceptors (Lipinski definition) is 3. The third-order valence-electron chi connectivity index (χ3n) is 3.56. The topological polar surface area (TPSA) is 59.4 Å². The molecular formula is C17H25N5. The third kappa shape index (κ3) is 3.74. The minimum Gasteiger partial charge on any atom is -0.369 e. The molecule has 1 aromatic carbocycles. The van der Waals surface area contributed by atoms with Gasteiger partial charge in [-0.2, -0.15) is 5.10 Å². The normalized spacial score (nSPS) is 12.8. The molecule has 2 rings (SSSR count). The Hall–Kier alpha value is -2.14. The molecule has 22 heavy (non-hydrogen) atoms. The largest absolute Gasteiger partial charge is 0.369 e. The highest BCUT2D eigenvalue weighted by Gasteiger charge is 2.17. The van der Waals surface area contributed by atoms with Crippen LogP contribution in [0, 0.1) is 6.92 Å². The van der Waals surface area contributed by atoms with Gasteiger partial charge in [-0.15, -0.1) is 0 Å². The zero-order valence-electron chi connectivity index (χ0n) is 13.8. The van der Waals surface area contributed by atoms with Crippen molar-refractivity contribution in [2.24, 2.45) is 10.7 Å². The van der Waals surface area contributed by atoms with Crippen LogP contribution in [-0.2, 0) is 6.42 Å². The fraction of sp³-hybridized carbons (Fsp3) is 0.412. The first-order chi connectivity index (χ1) is 10.5. The highest BCUT2D eigenvalue weighted by Crippen LogP contribution is 2.27. The van der Waals surface area contributed by atoms with E-state index in [0.29, 0.717) is 0 Å². The third-order valence-corrected chi connectivity index (χ3v) is 3.56.